The van der Waals surface area contributed by atoms with E-state index in [4.69, 9.17) is 0 Å². The Labute approximate surface area is 159 Å². The first kappa shape index (κ1) is 17.9. The van der Waals surface area contributed by atoms with Gasteiger partial charge in [-0.25, -0.2) is 9.97 Å². The number of amides is 1. The number of hydrogen-bond acceptors (Lipinski definition) is 6. The van der Waals surface area contributed by atoms with Crippen molar-refractivity contribution in [1.82, 2.24) is 30.0 Å². The van der Waals surface area contributed by atoms with E-state index in [1.165, 1.54) is 11.3 Å². The van der Waals surface area contributed by atoms with E-state index in [1.54, 1.807) is 12.4 Å². The summed E-state index contributed by atoms with van der Waals surface area (Å²) in [4.78, 5) is 25.6. The molecular weight excluding hydrogens is 342 g/mol. The van der Waals surface area contributed by atoms with Gasteiger partial charge in [-0.3, -0.25) is 14.4 Å². The Hall–Kier alpha value is -2.48. The first-order valence-corrected chi connectivity index (χ1v) is 9.68. The number of aromatic nitrogens is 4. The average molecular weight is 369 g/mol. The van der Waals surface area contributed by atoms with Crippen LogP contribution in [0.15, 0.2) is 18.5 Å². The molecule has 1 N–H and O–H groups in total. The lowest BCUT2D eigenvalue weighted by molar-refractivity contribution is -0.123. The number of rotatable bonds is 4. The number of piperazine rings is 1. The van der Waals surface area contributed by atoms with E-state index in [9.17, 15) is 4.79 Å². The Morgan fingerprint density at radius 1 is 1.22 bits per heavy atom. The highest BCUT2D eigenvalue weighted by atomic mass is 16.2. The largest absolute Gasteiger partial charge is 0.348 e. The molecule has 0 spiro atoms. The van der Waals surface area contributed by atoms with Crippen molar-refractivity contribution in [3.63, 3.8) is 0 Å². The van der Waals surface area contributed by atoms with Crippen LogP contribution in [0.1, 0.15) is 35.8 Å². The van der Waals surface area contributed by atoms with Gasteiger partial charge in [0.25, 0.3) is 0 Å². The lowest BCUT2D eigenvalue weighted by Crippen LogP contribution is -2.50. The van der Waals surface area contributed by atoms with Crippen LogP contribution in [0.3, 0.4) is 0 Å². The van der Waals surface area contributed by atoms with Crippen LogP contribution in [0, 0.1) is 6.92 Å². The Kier molecular flexibility index (Phi) is 5.07. The molecule has 0 bridgehead atoms. The molecule has 0 aromatic carbocycles. The fraction of sp³-hybridized carbons (Fsp3) is 0.579. The van der Waals surface area contributed by atoms with Gasteiger partial charge in [-0.2, -0.15) is 5.10 Å². The van der Waals surface area contributed by atoms with E-state index < -0.39 is 0 Å². The van der Waals surface area contributed by atoms with Gasteiger partial charge >= 0.3 is 0 Å². The minimum absolute atomic E-state index is 0.0916. The zero-order valence-corrected chi connectivity index (χ0v) is 16.1. The van der Waals surface area contributed by atoms with Crippen LogP contribution < -0.4 is 10.2 Å². The smallest absolute Gasteiger partial charge is 0.234 e. The molecule has 144 valence electrons. The Balaban J connectivity index is 1.31. The molecule has 2 aromatic rings. The van der Waals surface area contributed by atoms with Crippen molar-refractivity contribution in [2.24, 2.45) is 7.05 Å². The van der Waals surface area contributed by atoms with Gasteiger partial charge in [-0.1, -0.05) is 0 Å². The lowest BCUT2D eigenvalue weighted by Gasteiger charge is -2.34. The predicted octanol–water partition coefficient (Wildman–Crippen LogP) is 0.834. The standard InChI is InChI=1S/C19H27N7O/c1-14-18-15(5-3-6-16(18)24(2)23-14)22-17(27)13-25-9-11-26(12-10-25)19-20-7-4-8-21-19/h4,7-8,15H,3,5-6,9-13H2,1-2H3,(H,22,27). The molecule has 0 saturated carbocycles. The number of hydrogen-bond donors (Lipinski definition) is 1. The highest BCUT2D eigenvalue weighted by Gasteiger charge is 2.28. The molecule has 1 atom stereocenters. The van der Waals surface area contributed by atoms with Gasteiger partial charge in [-0.05, 0) is 32.3 Å². The molecule has 0 radical (unpaired) electrons. The second kappa shape index (κ2) is 7.64. The SMILES string of the molecule is Cc1nn(C)c2c1C(NC(=O)CN1CCN(c3ncccn3)CC1)CCC2. The monoisotopic (exact) mass is 369 g/mol. The fourth-order valence-corrected chi connectivity index (χ4v) is 4.24. The Morgan fingerprint density at radius 3 is 2.70 bits per heavy atom. The summed E-state index contributed by atoms with van der Waals surface area (Å²) in [5.74, 6) is 0.865. The molecule has 2 aromatic heterocycles. The first-order valence-electron chi connectivity index (χ1n) is 9.68. The molecule has 27 heavy (non-hydrogen) atoms. The van der Waals surface area contributed by atoms with Crippen molar-refractivity contribution in [3.05, 3.63) is 35.4 Å². The third-order valence-electron chi connectivity index (χ3n) is 5.56. The maximum Gasteiger partial charge on any atom is 0.234 e. The number of aryl methyl sites for hydroxylation is 2. The summed E-state index contributed by atoms with van der Waals surface area (Å²) in [6.07, 6.45) is 6.65. The first-order chi connectivity index (χ1) is 13.1. The molecule has 4 rings (SSSR count). The number of carbonyl (C=O) groups excluding carboxylic acids is 1. The molecule has 3 heterocycles. The minimum atomic E-state index is 0.0916. The highest BCUT2D eigenvalue weighted by Crippen LogP contribution is 2.31. The number of anilines is 1. The fourth-order valence-electron chi connectivity index (χ4n) is 4.24. The summed E-state index contributed by atoms with van der Waals surface area (Å²) < 4.78 is 1.97. The zero-order chi connectivity index (χ0) is 18.8. The zero-order valence-electron chi connectivity index (χ0n) is 16.1. The molecule has 8 nitrogen and oxygen atoms in total. The normalized spacial score (nSPS) is 20.4. The predicted molar refractivity (Wildman–Crippen MR) is 102 cm³/mol. The van der Waals surface area contributed by atoms with Crippen molar-refractivity contribution in [1.29, 1.82) is 0 Å². The van der Waals surface area contributed by atoms with Gasteiger partial charge in [0, 0.05) is 56.9 Å². The molecular formula is C19H27N7O. The molecule has 1 amide bonds. The molecule has 1 aliphatic carbocycles. The van der Waals surface area contributed by atoms with Crippen molar-refractivity contribution < 1.29 is 4.79 Å². The van der Waals surface area contributed by atoms with Gasteiger partial charge in [0.2, 0.25) is 11.9 Å². The van der Waals surface area contributed by atoms with Crippen LogP contribution >= 0.6 is 0 Å². The van der Waals surface area contributed by atoms with Gasteiger partial charge < -0.3 is 10.2 Å². The summed E-state index contributed by atoms with van der Waals surface area (Å²) >= 11 is 0. The van der Waals surface area contributed by atoms with Crippen LogP contribution in [0.4, 0.5) is 5.95 Å². The van der Waals surface area contributed by atoms with Gasteiger partial charge in [-0.15, -0.1) is 0 Å². The van der Waals surface area contributed by atoms with Crippen molar-refractivity contribution in [3.8, 4) is 0 Å². The van der Waals surface area contributed by atoms with Crippen LogP contribution in [-0.2, 0) is 18.3 Å². The molecule has 1 aliphatic heterocycles. The number of nitrogens with zero attached hydrogens (tertiary/aromatic N) is 6. The van der Waals surface area contributed by atoms with Crippen LogP contribution in [0.2, 0.25) is 0 Å². The molecule has 1 fully saturated rings. The lowest BCUT2D eigenvalue weighted by atomic mass is 9.91. The summed E-state index contributed by atoms with van der Waals surface area (Å²) in [5, 5.41) is 7.79. The quantitative estimate of drug-likeness (QED) is 0.860. The number of nitrogens with one attached hydrogen (secondary N) is 1. The summed E-state index contributed by atoms with van der Waals surface area (Å²) in [5.41, 5.74) is 3.53. The van der Waals surface area contributed by atoms with Crippen LogP contribution in [0.25, 0.3) is 0 Å². The van der Waals surface area contributed by atoms with Crippen LogP contribution in [-0.4, -0.2) is 63.3 Å². The van der Waals surface area contributed by atoms with E-state index in [0.29, 0.717) is 6.54 Å². The molecule has 1 unspecified atom stereocenters. The molecule has 2 aliphatic rings. The minimum Gasteiger partial charge on any atom is -0.348 e. The van der Waals surface area contributed by atoms with E-state index >= 15 is 0 Å². The average Bonchev–Trinajstić information content (AvgIpc) is 2.98. The van der Waals surface area contributed by atoms with Crippen molar-refractivity contribution in [2.45, 2.75) is 32.2 Å². The second-order valence-electron chi connectivity index (χ2n) is 7.39. The van der Waals surface area contributed by atoms with Gasteiger partial charge in [0.15, 0.2) is 0 Å². The third-order valence-corrected chi connectivity index (χ3v) is 5.56. The third kappa shape index (κ3) is 3.80. The van der Waals surface area contributed by atoms with Crippen LogP contribution in [0.5, 0.6) is 0 Å². The number of fused-ring (bicyclic) bond motifs is 1. The molecule has 8 heteroatoms. The maximum atomic E-state index is 12.6. The van der Waals surface area contributed by atoms with E-state index in [0.717, 1.165) is 57.1 Å². The Morgan fingerprint density at radius 2 is 1.96 bits per heavy atom. The number of carbonyl (C=O) groups is 1. The van der Waals surface area contributed by atoms with Gasteiger partial charge in [0.05, 0.1) is 18.3 Å². The summed E-state index contributed by atoms with van der Waals surface area (Å²) in [6, 6.07) is 1.92. The van der Waals surface area contributed by atoms with E-state index in [-0.39, 0.29) is 11.9 Å². The summed E-state index contributed by atoms with van der Waals surface area (Å²) in [6.45, 7) is 5.84. The second-order valence-corrected chi connectivity index (χ2v) is 7.39. The van der Waals surface area contributed by atoms with E-state index in [1.807, 2.05) is 24.7 Å². The molecule has 1 saturated heterocycles. The maximum absolute atomic E-state index is 12.6. The summed E-state index contributed by atoms with van der Waals surface area (Å²) in [7, 11) is 1.99. The van der Waals surface area contributed by atoms with Gasteiger partial charge in [0.1, 0.15) is 0 Å². The highest BCUT2D eigenvalue weighted by molar-refractivity contribution is 5.78. The van der Waals surface area contributed by atoms with E-state index in [2.05, 4.69) is 30.2 Å². The van der Waals surface area contributed by atoms with Crippen molar-refractivity contribution in [2.75, 3.05) is 37.6 Å². The Bertz CT molecular complexity index is 796. The van der Waals surface area contributed by atoms with Crippen molar-refractivity contribution >= 4 is 11.9 Å². The topological polar surface area (TPSA) is 79.2 Å².